The largest absolute Gasteiger partial charge is 0.317 e. The molecular formula is C17H31N3. The van der Waals surface area contributed by atoms with Gasteiger partial charge in [-0.2, -0.15) is 0 Å². The molecule has 3 saturated heterocycles. The lowest BCUT2D eigenvalue weighted by atomic mass is 9.58. The monoisotopic (exact) mass is 277 g/mol. The van der Waals surface area contributed by atoms with E-state index in [0.29, 0.717) is 0 Å². The van der Waals surface area contributed by atoms with Gasteiger partial charge in [-0.1, -0.05) is 6.92 Å². The van der Waals surface area contributed by atoms with Crippen molar-refractivity contribution in [3.8, 4) is 0 Å². The van der Waals surface area contributed by atoms with Crippen LogP contribution in [0.5, 0.6) is 0 Å². The Morgan fingerprint density at radius 2 is 1.55 bits per heavy atom. The zero-order valence-corrected chi connectivity index (χ0v) is 13.1. The van der Waals surface area contributed by atoms with E-state index in [1.54, 1.807) is 0 Å². The van der Waals surface area contributed by atoms with Gasteiger partial charge in [0.2, 0.25) is 0 Å². The van der Waals surface area contributed by atoms with E-state index in [2.05, 4.69) is 22.0 Å². The van der Waals surface area contributed by atoms with Gasteiger partial charge in [-0.05, 0) is 76.0 Å². The summed E-state index contributed by atoms with van der Waals surface area (Å²) in [5.41, 5.74) is 0.786. The van der Waals surface area contributed by atoms with Crippen molar-refractivity contribution in [2.75, 3.05) is 39.3 Å². The fourth-order valence-electron chi connectivity index (χ4n) is 5.38. The van der Waals surface area contributed by atoms with Crippen LogP contribution in [0.1, 0.15) is 45.4 Å². The van der Waals surface area contributed by atoms with Gasteiger partial charge in [0.25, 0.3) is 0 Å². The lowest BCUT2D eigenvalue weighted by molar-refractivity contribution is -0.0591. The van der Waals surface area contributed by atoms with Gasteiger partial charge in [-0.25, -0.2) is 0 Å². The van der Waals surface area contributed by atoms with E-state index in [1.807, 2.05) is 0 Å². The first kappa shape index (κ1) is 13.5. The molecule has 0 aromatic rings. The summed E-state index contributed by atoms with van der Waals surface area (Å²) in [4.78, 5) is 5.56. The molecule has 1 saturated carbocycles. The van der Waals surface area contributed by atoms with E-state index in [1.165, 1.54) is 77.8 Å². The van der Waals surface area contributed by atoms with Gasteiger partial charge in [-0.15, -0.1) is 0 Å². The van der Waals surface area contributed by atoms with Crippen molar-refractivity contribution in [3.05, 3.63) is 0 Å². The predicted molar refractivity (Wildman–Crippen MR) is 82.9 cm³/mol. The minimum Gasteiger partial charge on any atom is -0.317 e. The Kier molecular flexibility index (Phi) is 3.56. The van der Waals surface area contributed by atoms with E-state index in [0.717, 1.165) is 23.4 Å². The van der Waals surface area contributed by atoms with Gasteiger partial charge in [-0.3, -0.25) is 9.80 Å². The molecule has 0 aromatic carbocycles. The summed E-state index contributed by atoms with van der Waals surface area (Å²) < 4.78 is 0. The topological polar surface area (TPSA) is 18.5 Å². The molecule has 0 unspecified atom stereocenters. The second-order valence-corrected chi connectivity index (χ2v) is 8.14. The summed E-state index contributed by atoms with van der Waals surface area (Å²) in [6.07, 6.45) is 8.75. The van der Waals surface area contributed by atoms with Crippen LogP contribution in [-0.2, 0) is 0 Å². The first-order valence-electron chi connectivity index (χ1n) is 8.93. The predicted octanol–water partition coefficient (Wildman–Crippen LogP) is 1.93. The van der Waals surface area contributed by atoms with Crippen molar-refractivity contribution in [2.45, 2.75) is 57.5 Å². The van der Waals surface area contributed by atoms with Crippen molar-refractivity contribution in [1.82, 2.24) is 15.1 Å². The molecule has 3 aliphatic heterocycles. The Bertz CT molecular complexity index is 328. The summed E-state index contributed by atoms with van der Waals surface area (Å²) in [6.45, 7) is 10.4. The fourth-order valence-corrected chi connectivity index (χ4v) is 5.38. The zero-order chi connectivity index (χ0) is 13.6. The highest BCUT2D eigenvalue weighted by molar-refractivity contribution is 4.99. The van der Waals surface area contributed by atoms with Crippen LogP contribution < -0.4 is 5.32 Å². The fraction of sp³-hybridized carbons (Fsp3) is 1.00. The number of likely N-dealkylation sites (tertiary alicyclic amines) is 2. The van der Waals surface area contributed by atoms with Gasteiger partial charge in [0.1, 0.15) is 0 Å². The molecule has 0 radical (unpaired) electrons. The number of hydrogen-bond donors (Lipinski definition) is 1. The minimum atomic E-state index is 0.786. The van der Waals surface area contributed by atoms with Crippen molar-refractivity contribution >= 4 is 0 Å². The smallest absolute Gasteiger partial charge is 0.0350 e. The third-order valence-electron chi connectivity index (χ3n) is 6.65. The highest BCUT2D eigenvalue weighted by atomic mass is 15.3. The lowest BCUT2D eigenvalue weighted by Crippen LogP contribution is -2.65. The average Bonchev–Trinajstić information content (AvgIpc) is 2.39. The molecule has 0 atom stereocenters. The standard InChI is InChI=1S/C17H31N3/c1-14-10-17(11-14)4-8-19(9-5-17)16-12-20(13-16)15-2-6-18-7-3-15/h14-16,18H,2-13H2,1H3. The van der Waals surface area contributed by atoms with Gasteiger partial charge < -0.3 is 5.32 Å². The molecule has 20 heavy (non-hydrogen) atoms. The Hall–Kier alpha value is -0.120. The SMILES string of the molecule is CC1CC2(CCN(C3CN(C4CCNCC4)C3)CC2)C1. The minimum absolute atomic E-state index is 0.786. The maximum Gasteiger partial charge on any atom is 0.0350 e. The summed E-state index contributed by atoms with van der Waals surface area (Å²) in [7, 11) is 0. The molecule has 1 aliphatic carbocycles. The molecule has 114 valence electrons. The van der Waals surface area contributed by atoms with E-state index in [9.17, 15) is 0 Å². The van der Waals surface area contributed by atoms with E-state index < -0.39 is 0 Å². The number of nitrogens with one attached hydrogen (secondary N) is 1. The van der Waals surface area contributed by atoms with Gasteiger partial charge >= 0.3 is 0 Å². The second-order valence-electron chi connectivity index (χ2n) is 8.14. The molecule has 4 rings (SSSR count). The van der Waals surface area contributed by atoms with Crippen LogP contribution in [0.15, 0.2) is 0 Å². The van der Waals surface area contributed by atoms with Gasteiger partial charge in [0, 0.05) is 25.2 Å². The molecule has 0 aromatic heterocycles. The second kappa shape index (κ2) is 5.26. The molecule has 3 heterocycles. The molecule has 0 bridgehead atoms. The number of piperidine rings is 2. The number of rotatable bonds is 2. The van der Waals surface area contributed by atoms with Crippen LogP contribution in [0.3, 0.4) is 0 Å². The summed E-state index contributed by atoms with van der Waals surface area (Å²) >= 11 is 0. The normalized spacial score (nSPS) is 34.0. The first-order valence-corrected chi connectivity index (χ1v) is 8.93. The van der Waals surface area contributed by atoms with Crippen LogP contribution in [0.2, 0.25) is 0 Å². The zero-order valence-electron chi connectivity index (χ0n) is 13.1. The molecule has 4 aliphatic rings. The quantitative estimate of drug-likeness (QED) is 0.832. The molecule has 3 nitrogen and oxygen atoms in total. The van der Waals surface area contributed by atoms with Crippen LogP contribution in [0.4, 0.5) is 0 Å². The average molecular weight is 277 g/mol. The van der Waals surface area contributed by atoms with Crippen molar-refractivity contribution < 1.29 is 0 Å². The van der Waals surface area contributed by atoms with Crippen LogP contribution >= 0.6 is 0 Å². The van der Waals surface area contributed by atoms with E-state index in [-0.39, 0.29) is 0 Å². The molecule has 4 fully saturated rings. The van der Waals surface area contributed by atoms with Crippen LogP contribution in [0, 0.1) is 11.3 Å². The molecule has 0 amide bonds. The van der Waals surface area contributed by atoms with Gasteiger partial charge in [0.15, 0.2) is 0 Å². The summed E-state index contributed by atoms with van der Waals surface area (Å²) in [6, 6.07) is 1.77. The highest BCUT2D eigenvalue weighted by Gasteiger charge is 2.46. The maximum atomic E-state index is 3.48. The number of hydrogen-bond acceptors (Lipinski definition) is 3. The molecule has 1 spiro atoms. The van der Waals surface area contributed by atoms with E-state index >= 15 is 0 Å². The Labute approximate surface area is 124 Å². The van der Waals surface area contributed by atoms with Crippen molar-refractivity contribution in [3.63, 3.8) is 0 Å². The third kappa shape index (κ3) is 2.42. The Balaban J connectivity index is 1.22. The lowest BCUT2D eigenvalue weighted by Gasteiger charge is -2.56. The molecule has 3 heteroatoms. The Morgan fingerprint density at radius 3 is 2.15 bits per heavy atom. The highest BCUT2D eigenvalue weighted by Crippen LogP contribution is 2.52. The molecular weight excluding hydrogens is 246 g/mol. The van der Waals surface area contributed by atoms with Gasteiger partial charge in [0.05, 0.1) is 0 Å². The summed E-state index contributed by atoms with van der Waals surface area (Å²) in [5.74, 6) is 1.01. The number of nitrogens with zero attached hydrogens (tertiary/aromatic N) is 2. The first-order chi connectivity index (χ1) is 9.74. The van der Waals surface area contributed by atoms with Crippen molar-refractivity contribution in [1.29, 1.82) is 0 Å². The molecule has 1 N–H and O–H groups in total. The third-order valence-corrected chi connectivity index (χ3v) is 6.65. The van der Waals surface area contributed by atoms with E-state index in [4.69, 9.17) is 0 Å². The van der Waals surface area contributed by atoms with Crippen LogP contribution in [0.25, 0.3) is 0 Å². The summed E-state index contributed by atoms with van der Waals surface area (Å²) in [5, 5.41) is 3.48. The van der Waals surface area contributed by atoms with Crippen molar-refractivity contribution in [2.24, 2.45) is 11.3 Å². The Morgan fingerprint density at radius 1 is 0.900 bits per heavy atom. The maximum absolute atomic E-state index is 3.48. The van der Waals surface area contributed by atoms with Crippen LogP contribution in [-0.4, -0.2) is 61.2 Å².